The Morgan fingerprint density at radius 1 is 1.04 bits per heavy atom. The topological polar surface area (TPSA) is 0 Å². The van der Waals surface area contributed by atoms with E-state index in [-0.39, 0.29) is 10.8 Å². The van der Waals surface area contributed by atoms with E-state index in [1.165, 1.54) is 56.9 Å². The van der Waals surface area contributed by atoms with Gasteiger partial charge in [-0.1, -0.05) is 74.6 Å². The zero-order valence-electron chi connectivity index (χ0n) is 17.7. The van der Waals surface area contributed by atoms with E-state index in [0.717, 1.165) is 36.7 Å². The van der Waals surface area contributed by atoms with E-state index < -0.39 is 0 Å². The minimum absolute atomic E-state index is 0.271. The first-order chi connectivity index (χ1) is 13.6. The van der Waals surface area contributed by atoms with Gasteiger partial charge in [0.15, 0.2) is 0 Å². The molecule has 28 heavy (non-hydrogen) atoms. The minimum atomic E-state index is -0.271. The van der Waals surface area contributed by atoms with Crippen LogP contribution in [-0.4, -0.2) is 0 Å². The summed E-state index contributed by atoms with van der Waals surface area (Å²) >= 11 is 6.25. The molecule has 1 unspecified atom stereocenters. The van der Waals surface area contributed by atoms with Crippen molar-refractivity contribution in [3.8, 4) is 0 Å². The minimum Gasteiger partial charge on any atom is -0.205 e. The van der Waals surface area contributed by atoms with Gasteiger partial charge < -0.3 is 0 Å². The average Bonchev–Trinajstić information content (AvgIpc) is 2.72. The second-order valence-electron chi connectivity index (χ2n) is 8.98. The van der Waals surface area contributed by atoms with Gasteiger partial charge in [0.05, 0.1) is 5.02 Å². The van der Waals surface area contributed by atoms with Crippen LogP contribution in [0, 0.1) is 30.5 Å². The van der Waals surface area contributed by atoms with Gasteiger partial charge in [0.2, 0.25) is 0 Å². The van der Waals surface area contributed by atoms with Crippen LogP contribution in [0.5, 0.6) is 0 Å². The van der Waals surface area contributed by atoms with Gasteiger partial charge in [0.25, 0.3) is 0 Å². The molecule has 1 saturated carbocycles. The van der Waals surface area contributed by atoms with Gasteiger partial charge in [-0.05, 0) is 86.3 Å². The number of allylic oxidation sites excluding steroid dienone is 4. The summed E-state index contributed by atoms with van der Waals surface area (Å²) in [7, 11) is 0. The van der Waals surface area contributed by atoms with Crippen molar-refractivity contribution in [3.63, 3.8) is 0 Å². The molecule has 2 heteroatoms. The molecule has 0 amide bonds. The van der Waals surface area contributed by atoms with Crippen LogP contribution >= 0.6 is 11.6 Å². The highest BCUT2D eigenvalue weighted by Crippen LogP contribution is 2.37. The molecule has 2 aliphatic rings. The van der Waals surface area contributed by atoms with Crippen molar-refractivity contribution >= 4 is 17.2 Å². The Labute approximate surface area is 176 Å². The van der Waals surface area contributed by atoms with Crippen molar-refractivity contribution in [1.82, 2.24) is 0 Å². The van der Waals surface area contributed by atoms with Gasteiger partial charge in [-0.15, -0.1) is 0 Å². The van der Waals surface area contributed by atoms with E-state index in [9.17, 15) is 4.39 Å². The van der Waals surface area contributed by atoms with Gasteiger partial charge in [-0.3, -0.25) is 0 Å². The Morgan fingerprint density at radius 3 is 2.46 bits per heavy atom. The molecule has 1 aromatic rings. The first kappa shape index (κ1) is 21.6. The maximum absolute atomic E-state index is 14.1. The third-order valence-electron chi connectivity index (χ3n) is 6.84. The van der Waals surface area contributed by atoms with Crippen LogP contribution in [0.15, 0.2) is 30.4 Å². The van der Waals surface area contributed by atoms with Gasteiger partial charge in [0.1, 0.15) is 5.82 Å². The number of unbranched alkanes of at least 4 members (excludes halogenated alkanes) is 2. The summed E-state index contributed by atoms with van der Waals surface area (Å²) in [6.45, 7) is 4.05. The summed E-state index contributed by atoms with van der Waals surface area (Å²) in [5.74, 6) is 2.12. The van der Waals surface area contributed by atoms with Crippen molar-refractivity contribution in [2.75, 3.05) is 0 Å². The van der Waals surface area contributed by atoms with E-state index in [2.05, 4.69) is 25.2 Å². The molecule has 2 aliphatic carbocycles. The van der Waals surface area contributed by atoms with Crippen molar-refractivity contribution in [1.29, 1.82) is 0 Å². The van der Waals surface area contributed by atoms with Crippen LogP contribution < -0.4 is 0 Å². The van der Waals surface area contributed by atoms with Gasteiger partial charge in [-0.25, -0.2) is 4.39 Å². The maximum atomic E-state index is 14.1. The molecule has 1 fully saturated rings. The summed E-state index contributed by atoms with van der Waals surface area (Å²) in [5, 5.41) is 0.288. The van der Waals surface area contributed by atoms with Crippen LogP contribution in [-0.2, 0) is 0 Å². The molecule has 3 rings (SSSR count). The third kappa shape index (κ3) is 5.72. The Balaban J connectivity index is 1.47. The molecule has 0 bridgehead atoms. The average molecular weight is 403 g/mol. The van der Waals surface area contributed by atoms with Crippen molar-refractivity contribution in [3.05, 3.63) is 52.3 Å². The molecule has 1 atom stereocenters. The van der Waals surface area contributed by atoms with Crippen LogP contribution in [0.1, 0.15) is 88.7 Å². The molecular weight excluding hydrogens is 367 g/mol. The fraction of sp³-hybridized carbons (Fsp3) is 0.615. The predicted molar refractivity (Wildman–Crippen MR) is 120 cm³/mol. The van der Waals surface area contributed by atoms with E-state index in [0.29, 0.717) is 11.5 Å². The van der Waals surface area contributed by atoms with Crippen LogP contribution in [0.4, 0.5) is 4.39 Å². The maximum Gasteiger partial charge on any atom is 0.145 e. The number of aryl methyl sites for hydroxylation is 1. The summed E-state index contributed by atoms with van der Waals surface area (Å²) < 4.78 is 14.1. The molecule has 0 aromatic heterocycles. The number of hydrogen-bond acceptors (Lipinski definition) is 0. The highest BCUT2D eigenvalue weighted by Gasteiger charge is 2.21. The van der Waals surface area contributed by atoms with Crippen molar-refractivity contribution < 1.29 is 4.39 Å². The molecule has 0 spiro atoms. The second kappa shape index (κ2) is 10.6. The number of halogens is 2. The van der Waals surface area contributed by atoms with E-state index in [1.54, 1.807) is 6.92 Å². The molecule has 0 radical (unpaired) electrons. The Kier molecular flexibility index (Phi) is 8.21. The first-order valence-corrected chi connectivity index (χ1v) is 11.8. The highest BCUT2D eigenvalue weighted by atomic mass is 35.5. The molecular formula is C26H36ClF. The molecule has 0 heterocycles. The van der Waals surface area contributed by atoms with Crippen LogP contribution in [0.25, 0.3) is 5.57 Å². The number of benzene rings is 1. The Bertz CT molecular complexity index is 695. The molecule has 1 aromatic carbocycles. The van der Waals surface area contributed by atoms with E-state index >= 15 is 0 Å². The number of hydrogen-bond donors (Lipinski definition) is 0. The lowest BCUT2D eigenvalue weighted by Gasteiger charge is -2.27. The first-order valence-electron chi connectivity index (χ1n) is 11.4. The fourth-order valence-electron chi connectivity index (χ4n) is 4.83. The summed E-state index contributed by atoms with van der Waals surface area (Å²) in [6.07, 6.45) is 21.6. The third-order valence-corrected chi connectivity index (χ3v) is 7.21. The predicted octanol–water partition coefficient (Wildman–Crippen LogP) is 8.91. The molecule has 0 nitrogen and oxygen atoms in total. The van der Waals surface area contributed by atoms with Crippen LogP contribution in [0.3, 0.4) is 0 Å². The summed E-state index contributed by atoms with van der Waals surface area (Å²) in [5.41, 5.74) is 2.71. The summed E-state index contributed by atoms with van der Waals surface area (Å²) in [6, 6.07) is 3.81. The largest absolute Gasteiger partial charge is 0.205 e. The molecule has 0 aliphatic heterocycles. The summed E-state index contributed by atoms with van der Waals surface area (Å²) in [4.78, 5) is 0. The molecule has 0 N–H and O–H groups in total. The fourth-order valence-corrected chi connectivity index (χ4v) is 5.17. The van der Waals surface area contributed by atoms with Gasteiger partial charge >= 0.3 is 0 Å². The quantitative estimate of drug-likeness (QED) is 0.315. The Morgan fingerprint density at radius 2 is 1.79 bits per heavy atom. The van der Waals surface area contributed by atoms with E-state index in [4.69, 9.17) is 11.6 Å². The smallest absolute Gasteiger partial charge is 0.145 e. The van der Waals surface area contributed by atoms with Crippen LogP contribution in [0.2, 0.25) is 5.02 Å². The SMILES string of the molecule is CCCCCC1CCC(C=CC2CC=C(c3ccc(C)c(F)c3Cl)CC2)CC1. The lowest BCUT2D eigenvalue weighted by molar-refractivity contribution is 0.288. The lowest BCUT2D eigenvalue weighted by Crippen LogP contribution is -2.13. The van der Waals surface area contributed by atoms with Gasteiger partial charge in [0, 0.05) is 0 Å². The lowest BCUT2D eigenvalue weighted by atomic mass is 9.79. The van der Waals surface area contributed by atoms with Crippen molar-refractivity contribution in [2.45, 2.75) is 84.5 Å². The molecule has 154 valence electrons. The van der Waals surface area contributed by atoms with Crippen molar-refractivity contribution in [2.24, 2.45) is 17.8 Å². The monoisotopic (exact) mass is 402 g/mol. The molecule has 0 saturated heterocycles. The zero-order chi connectivity index (χ0) is 19.9. The second-order valence-corrected chi connectivity index (χ2v) is 9.36. The van der Waals surface area contributed by atoms with E-state index in [1.807, 2.05) is 12.1 Å². The van der Waals surface area contributed by atoms with Gasteiger partial charge in [-0.2, -0.15) is 0 Å². The highest BCUT2D eigenvalue weighted by molar-refractivity contribution is 6.32. The standard InChI is InChI=1S/C26H36ClF/c1-3-4-5-6-20-8-10-21(11-9-20)12-13-22-14-16-23(17-15-22)24-18-7-19(2)26(28)25(24)27/h7,12-13,16,18,20-22H,3-6,8-11,14-15,17H2,1-2H3. The Hall–Kier alpha value is -1.08. The number of rotatable bonds is 7. The zero-order valence-corrected chi connectivity index (χ0v) is 18.4. The normalized spacial score (nSPS) is 25.9.